The number of benzene rings is 2. The summed E-state index contributed by atoms with van der Waals surface area (Å²) in [4.78, 5) is 12.2. The quantitative estimate of drug-likeness (QED) is 0.321. The van der Waals surface area contributed by atoms with E-state index in [4.69, 9.17) is 0 Å². The fourth-order valence-electron chi connectivity index (χ4n) is 5.76. The zero-order valence-corrected chi connectivity index (χ0v) is 18.8. The van der Waals surface area contributed by atoms with Gasteiger partial charge in [0.2, 0.25) is 0 Å². The van der Waals surface area contributed by atoms with E-state index >= 15 is 0 Å². The number of aliphatic hydroxyl groups is 6. The third-order valence-corrected chi connectivity index (χ3v) is 7.36. The first-order valence-corrected chi connectivity index (χ1v) is 11.1. The molecule has 2 aromatic rings. The maximum atomic E-state index is 12.2. The Bertz CT molecular complexity index is 1040. The largest absolute Gasteiger partial charge is 0.394 e. The van der Waals surface area contributed by atoms with Crippen LogP contribution in [0.15, 0.2) is 48.5 Å². The van der Waals surface area contributed by atoms with Crippen molar-refractivity contribution in [3.05, 3.63) is 70.8 Å². The third-order valence-electron chi connectivity index (χ3n) is 7.36. The maximum Gasteiger partial charge on any atom is 0.251 e. The average Bonchev–Trinajstić information content (AvgIpc) is 2.79. The molecule has 2 saturated carbocycles. The highest BCUT2D eigenvalue weighted by Crippen LogP contribution is 2.75. The Labute approximate surface area is 192 Å². The number of hydrogen-bond acceptors (Lipinski definition) is 7. The van der Waals surface area contributed by atoms with Crippen molar-refractivity contribution >= 4 is 5.91 Å². The molecule has 1 amide bonds. The summed E-state index contributed by atoms with van der Waals surface area (Å²) in [6.45, 7) is 4.68. The first-order chi connectivity index (χ1) is 15.4. The summed E-state index contributed by atoms with van der Waals surface area (Å²) in [7, 11) is 0. The highest BCUT2D eigenvalue weighted by Gasteiger charge is 2.93. The Morgan fingerprint density at radius 2 is 1.55 bits per heavy atom. The van der Waals surface area contributed by atoms with Crippen molar-refractivity contribution in [2.45, 2.75) is 67.7 Å². The van der Waals surface area contributed by atoms with E-state index in [-0.39, 0.29) is 11.9 Å². The molecule has 0 radical (unpaired) electrons. The van der Waals surface area contributed by atoms with Crippen molar-refractivity contribution in [1.29, 1.82) is 0 Å². The number of rotatable bonds is 6. The van der Waals surface area contributed by atoms with E-state index in [0.29, 0.717) is 16.7 Å². The standard InChI is InChI=1S/C25H31NO7/c1-13(2)26-22(30)17-10-8-15(9-11-17)19-21(29)24(32)20(16-6-4-14(3)5-7-16)23(31,18(28)12-27)25(19,24)33/h4-11,13,18-21,27-29,31-33H,12H2,1-3H3,(H,26,30)/t18-,19?,20?,21?,23+,24+,25+/m1/s1. The van der Waals surface area contributed by atoms with Crippen LogP contribution in [0, 0.1) is 6.92 Å². The molecule has 8 heteroatoms. The van der Waals surface area contributed by atoms with Crippen LogP contribution in [0.1, 0.15) is 52.7 Å². The topological polar surface area (TPSA) is 150 Å². The molecule has 7 atom stereocenters. The van der Waals surface area contributed by atoms with Crippen LogP contribution >= 0.6 is 0 Å². The van der Waals surface area contributed by atoms with Crippen molar-refractivity contribution in [2.75, 3.05) is 6.61 Å². The van der Waals surface area contributed by atoms with Crippen LogP contribution in [-0.4, -0.2) is 78.2 Å². The van der Waals surface area contributed by atoms with E-state index in [2.05, 4.69) is 5.32 Å². The van der Waals surface area contributed by atoms with Crippen LogP contribution in [-0.2, 0) is 0 Å². The van der Waals surface area contributed by atoms with Crippen molar-refractivity contribution in [3.8, 4) is 0 Å². The molecule has 33 heavy (non-hydrogen) atoms. The van der Waals surface area contributed by atoms with Gasteiger partial charge in [-0.1, -0.05) is 42.0 Å². The lowest BCUT2D eigenvalue weighted by molar-refractivity contribution is -0.459. The number of fused-ring (bicyclic) bond motifs is 1. The Morgan fingerprint density at radius 1 is 1.00 bits per heavy atom. The van der Waals surface area contributed by atoms with Gasteiger partial charge < -0.3 is 36.0 Å². The first-order valence-electron chi connectivity index (χ1n) is 11.1. The SMILES string of the molecule is Cc1ccc(C2[C@]3(O)C(O)C(c4ccc(C(=O)NC(C)C)cc4)[C@]3(O)[C@]2(O)[C@H](O)CO)cc1. The Balaban J connectivity index is 1.73. The van der Waals surface area contributed by atoms with E-state index in [1.807, 2.05) is 20.8 Å². The van der Waals surface area contributed by atoms with Gasteiger partial charge in [0, 0.05) is 17.5 Å². The van der Waals surface area contributed by atoms with Gasteiger partial charge in [-0.25, -0.2) is 0 Å². The van der Waals surface area contributed by atoms with Crippen molar-refractivity contribution in [3.63, 3.8) is 0 Å². The third kappa shape index (κ3) is 2.96. The maximum absolute atomic E-state index is 12.2. The number of aliphatic hydroxyl groups excluding tert-OH is 3. The van der Waals surface area contributed by atoms with E-state index in [1.54, 1.807) is 24.3 Å². The molecule has 3 unspecified atom stereocenters. The van der Waals surface area contributed by atoms with E-state index in [1.165, 1.54) is 24.3 Å². The van der Waals surface area contributed by atoms with Crippen LogP contribution < -0.4 is 5.32 Å². The minimum atomic E-state index is -2.33. The summed E-state index contributed by atoms with van der Waals surface area (Å²) >= 11 is 0. The molecule has 2 aromatic carbocycles. The van der Waals surface area contributed by atoms with Gasteiger partial charge in [0.05, 0.1) is 18.6 Å². The molecular formula is C25H31NO7. The number of carbonyl (C=O) groups is 1. The molecule has 0 aliphatic heterocycles. The van der Waals surface area contributed by atoms with E-state index < -0.39 is 47.5 Å². The molecule has 8 nitrogen and oxygen atoms in total. The highest BCUT2D eigenvalue weighted by atomic mass is 16.5. The van der Waals surface area contributed by atoms with Gasteiger partial charge >= 0.3 is 0 Å². The van der Waals surface area contributed by atoms with E-state index in [0.717, 1.165) is 5.56 Å². The monoisotopic (exact) mass is 457 g/mol. The molecule has 2 aliphatic rings. The van der Waals surface area contributed by atoms with Crippen LogP contribution in [0.5, 0.6) is 0 Å². The van der Waals surface area contributed by atoms with Crippen molar-refractivity contribution < 1.29 is 35.4 Å². The zero-order chi connectivity index (χ0) is 24.3. The van der Waals surface area contributed by atoms with Gasteiger partial charge in [0.15, 0.2) is 0 Å². The Hall–Kier alpha value is -2.33. The molecule has 0 spiro atoms. The smallest absolute Gasteiger partial charge is 0.251 e. The average molecular weight is 458 g/mol. The number of hydrogen-bond donors (Lipinski definition) is 7. The number of nitrogens with one attached hydrogen (secondary N) is 1. The predicted molar refractivity (Wildman–Crippen MR) is 120 cm³/mol. The second-order valence-corrected chi connectivity index (χ2v) is 9.63. The molecule has 2 aliphatic carbocycles. The number of amides is 1. The molecule has 2 fully saturated rings. The summed E-state index contributed by atoms with van der Waals surface area (Å²) in [6, 6.07) is 12.9. The minimum Gasteiger partial charge on any atom is -0.394 e. The molecule has 0 saturated heterocycles. The van der Waals surface area contributed by atoms with Gasteiger partial charge in [-0.3, -0.25) is 4.79 Å². The van der Waals surface area contributed by atoms with Crippen LogP contribution in [0.4, 0.5) is 0 Å². The van der Waals surface area contributed by atoms with E-state index in [9.17, 15) is 35.4 Å². The highest BCUT2D eigenvalue weighted by molar-refractivity contribution is 5.94. The molecule has 0 aromatic heterocycles. The van der Waals surface area contributed by atoms with Crippen LogP contribution in [0.2, 0.25) is 0 Å². The lowest BCUT2D eigenvalue weighted by atomic mass is 9.30. The molecule has 178 valence electrons. The van der Waals surface area contributed by atoms with Gasteiger partial charge in [-0.2, -0.15) is 0 Å². The summed E-state index contributed by atoms with van der Waals surface area (Å²) in [6.07, 6.45) is -3.24. The lowest BCUT2D eigenvalue weighted by Gasteiger charge is -2.80. The summed E-state index contributed by atoms with van der Waals surface area (Å²) in [5.74, 6) is -2.67. The summed E-state index contributed by atoms with van der Waals surface area (Å²) in [5.41, 5.74) is -4.71. The fraction of sp³-hybridized carbons (Fsp3) is 0.480. The minimum absolute atomic E-state index is 0.0509. The predicted octanol–water partition coefficient (Wildman–Crippen LogP) is -0.0648. The fourth-order valence-corrected chi connectivity index (χ4v) is 5.76. The van der Waals surface area contributed by atoms with Crippen molar-refractivity contribution in [2.24, 2.45) is 0 Å². The second kappa shape index (κ2) is 7.87. The lowest BCUT2D eigenvalue weighted by Crippen LogP contribution is -2.99. The van der Waals surface area contributed by atoms with Crippen LogP contribution in [0.3, 0.4) is 0 Å². The summed E-state index contributed by atoms with van der Waals surface area (Å²) in [5, 5.41) is 68.6. The molecule has 0 bridgehead atoms. The Kier molecular flexibility index (Phi) is 5.68. The summed E-state index contributed by atoms with van der Waals surface area (Å²) < 4.78 is 0. The van der Waals surface area contributed by atoms with Crippen molar-refractivity contribution in [1.82, 2.24) is 5.32 Å². The normalized spacial score (nSPS) is 35.9. The Morgan fingerprint density at radius 3 is 2.06 bits per heavy atom. The van der Waals surface area contributed by atoms with Gasteiger partial charge in [-0.05, 0) is 44.0 Å². The molecular weight excluding hydrogens is 426 g/mol. The molecule has 0 heterocycles. The van der Waals surface area contributed by atoms with Gasteiger partial charge in [0.25, 0.3) is 5.91 Å². The van der Waals surface area contributed by atoms with Gasteiger partial charge in [-0.15, -0.1) is 0 Å². The number of aryl methyl sites for hydroxylation is 1. The number of carbonyl (C=O) groups excluding carboxylic acids is 1. The molecule has 7 N–H and O–H groups in total. The van der Waals surface area contributed by atoms with Crippen LogP contribution in [0.25, 0.3) is 0 Å². The first kappa shape index (κ1) is 23.8. The zero-order valence-electron chi connectivity index (χ0n) is 18.8. The molecule has 4 rings (SSSR count). The second-order valence-electron chi connectivity index (χ2n) is 9.63. The van der Waals surface area contributed by atoms with Gasteiger partial charge in [0.1, 0.15) is 22.9 Å².